The van der Waals surface area contributed by atoms with Gasteiger partial charge in [0.2, 0.25) is 9.28 Å². The van der Waals surface area contributed by atoms with Crippen molar-refractivity contribution in [3.63, 3.8) is 0 Å². The Labute approximate surface area is 86.7 Å². The quantitative estimate of drug-likeness (QED) is 0.513. The van der Waals surface area contributed by atoms with E-state index in [9.17, 15) is 4.79 Å². The van der Waals surface area contributed by atoms with Gasteiger partial charge in [-0.1, -0.05) is 12.2 Å². The molecule has 0 bridgehead atoms. The Hall–Kier alpha value is -0.765. The van der Waals surface area contributed by atoms with Crippen LogP contribution in [0.3, 0.4) is 0 Å². The van der Waals surface area contributed by atoms with E-state index in [0.29, 0.717) is 18.4 Å². The summed E-state index contributed by atoms with van der Waals surface area (Å²) in [5, 5.41) is 4.43. The van der Waals surface area contributed by atoms with Crippen molar-refractivity contribution in [2.45, 2.75) is 18.9 Å². The van der Waals surface area contributed by atoms with E-state index in [1.807, 2.05) is 0 Å². The fourth-order valence-corrected chi connectivity index (χ4v) is 2.66. The van der Waals surface area contributed by atoms with Crippen molar-refractivity contribution in [1.29, 1.82) is 1.43 Å². The number of hydrogen-bond donors (Lipinski definition) is 1. The summed E-state index contributed by atoms with van der Waals surface area (Å²) < 4.78 is 6.81. The van der Waals surface area contributed by atoms with Crippen LogP contribution in [0.2, 0.25) is 0 Å². The Balaban J connectivity index is 2.13. The lowest BCUT2D eigenvalue weighted by molar-refractivity contribution is 0.152. The summed E-state index contributed by atoms with van der Waals surface area (Å²) in [6.45, 7) is 0.969. The fourth-order valence-electron chi connectivity index (χ4n) is 2.66. The first-order valence-electron chi connectivity index (χ1n) is 5.44. The highest BCUT2D eigenvalue weighted by Crippen LogP contribution is 2.37. The predicted octanol–water partition coefficient (Wildman–Crippen LogP) is 0.534. The summed E-state index contributed by atoms with van der Waals surface area (Å²) in [4.78, 5) is 12.9. The molecule has 1 saturated heterocycles. The van der Waals surface area contributed by atoms with Crippen LogP contribution in [-0.4, -0.2) is 44.3 Å². The predicted molar refractivity (Wildman–Crippen MR) is 54.1 cm³/mol. The Morgan fingerprint density at radius 1 is 1.64 bits per heavy atom. The van der Waals surface area contributed by atoms with E-state index in [4.69, 9.17) is 9.28 Å². The standard InChI is InChI=1S/C10H14BNO2/c11-10(14)12-5-7-3-1-2-4-8(7)9(12)6-13/h1-2,7-9,13H,3-6H2/t7?,8?,9-/m1/s1/i13T. The molecule has 1 amide bonds. The molecule has 3 nitrogen and oxygen atoms in total. The number of amides is 1. The number of fused-ring (bicyclic) bond motifs is 1. The molecule has 3 atom stereocenters. The van der Waals surface area contributed by atoms with Gasteiger partial charge in [0.25, 0.3) is 0 Å². The monoisotopic (exact) mass is 193 g/mol. The minimum absolute atomic E-state index is 0.0186. The summed E-state index contributed by atoms with van der Waals surface area (Å²) in [5.74, 6) is 0.502. The van der Waals surface area contributed by atoms with Crippen molar-refractivity contribution in [2.24, 2.45) is 11.8 Å². The Morgan fingerprint density at radius 2 is 2.43 bits per heavy atom. The molecule has 2 aliphatic rings. The van der Waals surface area contributed by atoms with Gasteiger partial charge in [0, 0.05) is 6.54 Å². The molecule has 74 valence electrons. The minimum Gasteiger partial charge on any atom is -0.394 e. The van der Waals surface area contributed by atoms with Gasteiger partial charge >= 0.3 is 0 Å². The maximum absolute atomic E-state index is 11.2. The smallest absolute Gasteiger partial charge is 0.210 e. The number of carbonyl (C=O) groups excluding carboxylic acids is 1. The zero-order chi connectivity index (χ0) is 10.8. The zero-order valence-electron chi connectivity index (χ0n) is 9.06. The van der Waals surface area contributed by atoms with Gasteiger partial charge in [-0.15, -0.1) is 0 Å². The maximum atomic E-state index is 11.2. The summed E-state index contributed by atoms with van der Waals surface area (Å²) in [7, 11) is 5.32. The lowest BCUT2D eigenvalue weighted by atomic mass is 9.82. The van der Waals surface area contributed by atoms with Crippen LogP contribution in [0.1, 0.15) is 12.8 Å². The van der Waals surface area contributed by atoms with E-state index in [0.717, 1.165) is 12.8 Å². The van der Waals surface area contributed by atoms with Crippen molar-refractivity contribution in [3.05, 3.63) is 12.2 Å². The highest BCUT2D eigenvalue weighted by molar-refractivity contribution is 6.57. The molecular formula is C10H14BNO2. The SMILES string of the molecule is [3H]OC[C@@H]1C2CC=CCC2CN1C([B])=O. The molecule has 1 heterocycles. The van der Waals surface area contributed by atoms with Gasteiger partial charge in [-0.2, -0.15) is 0 Å². The second-order valence-electron chi connectivity index (χ2n) is 4.09. The number of nitrogens with zero attached hydrogens (tertiary/aromatic N) is 1. The highest BCUT2D eigenvalue weighted by atomic mass is 16.3. The molecule has 0 aromatic rings. The first-order chi connectivity index (χ1) is 7.24. The zero-order valence-corrected chi connectivity index (χ0v) is 8.06. The number of aliphatic hydroxyl groups is 1. The third-order valence-electron chi connectivity index (χ3n) is 3.40. The van der Waals surface area contributed by atoms with Gasteiger partial charge in [-0.3, -0.25) is 4.79 Å². The van der Waals surface area contributed by atoms with Gasteiger partial charge in [-0.25, -0.2) is 0 Å². The Kier molecular flexibility index (Phi) is 2.30. The number of aliphatic hydroxyl groups excluding tert-OH is 1. The van der Waals surface area contributed by atoms with E-state index in [1.165, 1.54) is 0 Å². The van der Waals surface area contributed by atoms with E-state index in [-0.39, 0.29) is 12.6 Å². The molecule has 1 fully saturated rings. The van der Waals surface area contributed by atoms with Crippen LogP contribution >= 0.6 is 0 Å². The van der Waals surface area contributed by atoms with Crippen LogP contribution in [0.4, 0.5) is 4.79 Å². The molecule has 0 aromatic heterocycles. The third kappa shape index (κ3) is 1.48. The van der Waals surface area contributed by atoms with E-state index in [1.54, 1.807) is 4.90 Å². The van der Waals surface area contributed by atoms with Crippen LogP contribution in [-0.2, 0) is 0 Å². The second-order valence-corrected chi connectivity index (χ2v) is 4.09. The molecule has 1 aliphatic heterocycles. The first kappa shape index (κ1) is 8.54. The lowest BCUT2D eigenvalue weighted by Gasteiger charge is -2.26. The lowest BCUT2D eigenvalue weighted by Crippen LogP contribution is -2.39. The summed E-state index contributed by atoms with van der Waals surface area (Å²) >= 11 is 0. The van der Waals surface area contributed by atoms with Gasteiger partial charge in [-0.05, 0) is 24.7 Å². The number of rotatable bonds is 2. The molecule has 2 unspecified atom stereocenters. The third-order valence-corrected chi connectivity index (χ3v) is 3.40. The molecule has 2 radical (unpaired) electrons. The van der Waals surface area contributed by atoms with Crippen molar-refractivity contribution in [2.75, 3.05) is 13.2 Å². The largest absolute Gasteiger partial charge is 0.394 e. The number of likely N-dealkylation sites (tertiary alicyclic amines) is 1. The van der Waals surface area contributed by atoms with Gasteiger partial charge < -0.3 is 10.0 Å². The highest BCUT2D eigenvalue weighted by Gasteiger charge is 2.41. The van der Waals surface area contributed by atoms with Crippen LogP contribution in [0.5, 0.6) is 0 Å². The van der Waals surface area contributed by atoms with Crippen molar-refractivity contribution in [1.82, 2.24) is 4.90 Å². The Morgan fingerprint density at radius 3 is 3.14 bits per heavy atom. The molecule has 0 aromatic carbocycles. The van der Waals surface area contributed by atoms with Crippen molar-refractivity contribution >= 4 is 13.7 Å². The molecule has 1 aliphatic carbocycles. The molecule has 1 N–H and O–H groups in total. The van der Waals surface area contributed by atoms with E-state index >= 15 is 0 Å². The summed E-state index contributed by atoms with van der Waals surface area (Å²) in [6, 6.07) is -0.0186. The molecule has 0 spiro atoms. The van der Waals surface area contributed by atoms with E-state index < -0.39 is 5.81 Å². The number of hydrogen-bond acceptors (Lipinski definition) is 2. The van der Waals surface area contributed by atoms with Crippen molar-refractivity contribution < 1.29 is 9.90 Å². The van der Waals surface area contributed by atoms with Gasteiger partial charge in [0.1, 0.15) is 0 Å². The van der Waals surface area contributed by atoms with Crippen LogP contribution in [0, 0.1) is 11.8 Å². The summed E-state index contributed by atoms with van der Waals surface area (Å²) in [5.41, 5.74) is 0. The molecule has 0 saturated carbocycles. The molecule has 2 rings (SSSR count). The van der Waals surface area contributed by atoms with Gasteiger partial charge in [0.15, 0.2) is 5.81 Å². The number of allylic oxidation sites excluding steroid dienone is 2. The number of carbonyl (C=O) groups is 1. The topological polar surface area (TPSA) is 40.5 Å². The maximum Gasteiger partial charge on any atom is 0.210 e. The molecular weight excluding hydrogens is 177 g/mol. The molecule has 14 heavy (non-hydrogen) atoms. The fraction of sp³-hybridized carbons (Fsp3) is 0.700. The minimum atomic E-state index is -0.397. The van der Waals surface area contributed by atoms with Crippen LogP contribution < -0.4 is 0 Å². The van der Waals surface area contributed by atoms with Crippen LogP contribution in [0.15, 0.2) is 12.2 Å². The van der Waals surface area contributed by atoms with E-state index in [2.05, 4.69) is 17.3 Å². The second kappa shape index (κ2) is 3.77. The van der Waals surface area contributed by atoms with Crippen LogP contribution in [0.25, 0.3) is 0 Å². The summed E-state index contributed by atoms with van der Waals surface area (Å²) in [6.07, 6.45) is 6.26. The Bertz CT molecular complexity index is 285. The molecule has 4 heteroatoms. The van der Waals surface area contributed by atoms with Crippen molar-refractivity contribution in [3.8, 4) is 0 Å². The van der Waals surface area contributed by atoms with Gasteiger partial charge in [0.05, 0.1) is 12.6 Å². The average Bonchev–Trinajstić information content (AvgIpc) is 2.58. The first-order valence-corrected chi connectivity index (χ1v) is 5.03. The normalized spacial score (nSPS) is 36.7. The average molecular weight is 193 g/mol.